The summed E-state index contributed by atoms with van der Waals surface area (Å²) < 4.78 is 18.4. The first kappa shape index (κ1) is 19.5. The number of ether oxygens (including phenoxy) is 3. The molecular weight excluding hydrogens is 354 g/mol. The third-order valence-electron chi connectivity index (χ3n) is 4.35. The maximum atomic E-state index is 12.2. The average molecular weight is 379 g/mol. The fourth-order valence-electron chi connectivity index (χ4n) is 3.00. The van der Waals surface area contributed by atoms with E-state index >= 15 is 0 Å². The smallest absolute Gasteiger partial charge is 0.338 e. The van der Waals surface area contributed by atoms with Crippen molar-refractivity contribution in [1.82, 2.24) is 4.57 Å². The highest BCUT2D eigenvalue weighted by molar-refractivity contribution is 5.89. The van der Waals surface area contributed by atoms with Crippen molar-refractivity contribution < 1.29 is 19.0 Å². The summed E-state index contributed by atoms with van der Waals surface area (Å²) in [6, 6.07) is 18.9. The molecule has 0 radical (unpaired) electrons. The Bertz CT molecular complexity index is 891. The van der Waals surface area contributed by atoms with E-state index in [2.05, 4.69) is 30.5 Å². The summed E-state index contributed by atoms with van der Waals surface area (Å²) in [6.07, 6.45) is 0. The van der Waals surface area contributed by atoms with Crippen molar-refractivity contribution >= 4 is 5.97 Å². The second-order valence-corrected chi connectivity index (χ2v) is 6.39. The highest BCUT2D eigenvalue weighted by Crippen LogP contribution is 2.18. The van der Waals surface area contributed by atoms with E-state index in [0.717, 1.165) is 22.8 Å². The van der Waals surface area contributed by atoms with Gasteiger partial charge < -0.3 is 18.8 Å². The predicted molar refractivity (Wildman–Crippen MR) is 109 cm³/mol. The number of aryl methyl sites for hydroxylation is 2. The first-order valence-corrected chi connectivity index (χ1v) is 9.36. The van der Waals surface area contributed by atoms with Crippen molar-refractivity contribution in [2.45, 2.75) is 20.8 Å². The van der Waals surface area contributed by atoms with Gasteiger partial charge in [-0.3, -0.25) is 0 Å². The molecule has 146 valence electrons. The standard InChI is InChI=1S/C23H25NO4/c1-4-26-21-11-13-22(14-12-21)27-15-16-28-23(25)19-7-9-20(10-8-19)24-17(2)5-6-18(24)3/h5-14H,4,15-16H2,1-3H3. The Labute approximate surface area is 165 Å². The molecule has 1 aromatic heterocycles. The second-order valence-electron chi connectivity index (χ2n) is 6.39. The monoisotopic (exact) mass is 379 g/mol. The van der Waals surface area contributed by atoms with E-state index in [1.807, 2.05) is 43.3 Å². The summed E-state index contributed by atoms with van der Waals surface area (Å²) in [4.78, 5) is 12.2. The van der Waals surface area contributed by atoms with Gasteiger partial charge in [0.25, 0.3) is 0 Å². The van der Waals surface area contributed by atoms with Crippen LogP contribution < -0.4 is 9.47 Å². The number of benzene rings is 2. The zero-order valence-electron chi connectivity index (χ0n) is 16.5. The van der Waals surface area contributed by atoms with Crippen molar-refractivity contribution in [3.8, 4) is 17.2 Å². The summed E-state index contributed by atoms with van der Waals surface area (Å²) in [5.74, 6) is 1.15. The van der Waals surface area contributed by atoms with E-state index in [9.17, 15) is 4.79 Å². The topological polar surface area (TPSA) is 49.7 Å². The van der Waals surface area contributed by atoms with Crippen LogP contribution in [0.25, 0.3) is 5.69 Å². The Hall–Kier alpha value is -3.21. The molecule has 5 heteroatoms. The van der Waals surface area contributed by atoms with Crippen molar-refractivity contribution in [1.29, 1.82) is 0 Å². The molecule has 0 fully saturated rings. The predicted octanol–water partition coefficient (Wildman–Crippen LogP) is 4.73. The quantitative estimate of drug-likeness (QED) is 0.419. The number of nitrogens with zero attached hydrogens (tertiary/aromatic N) is 1. The number of aromatic nitrogens is 1. The van der Waals surface area contributed by atoms with Crippen LogP contribution in [0.2, 0.25) is 0 Å². The van der Waals surface area contributed by atoms with Crippen LogP contribution in [0.5, 0.6) is 11.5 Å². The fraction of sp³-hybridized carbons (Fsp3) is 0.261. The van der Waals surface area contributed by atoms with Gasteiger partial charge in [0.05, 0.1) is 12.2 Å². The Balaban J connectivity index is 1.48. The van der Waals surface area contributed by atoms with Gasteiger partial charge in [-0.1, -0.05) is 0 Å². The highest BCUT2D eigenvalue weighted by atomic mass is 16.6. The minimum Gasteiger partial charge on any atom is -0.494 e. The van der Waals surface area contributed by atoms with Crippen LogP contribution >= 0.6 is 0 Å². The van der Waals surface area contributed by atoms with Crippen molar-refractivity contribution in [3.63, 3.8) is 0 Å². The summed E-state index contributed by atoms with van der Waals surface area (Å²) in [7, 11) is 0. The Morgan fingerprint density at radius 2 is 1.36 bits per heavy atom. The molecule has 0 aliphatic rings. The maximum Gasteiger partial charge on any atom is 0.338 e. The SMILES string of the molecule is CCOc1ccc(OCCOC(=O)c2ccc(-n3c(C)ccc3C)cc2)cc1. The lowest BCUT2D eigenvalue weighted by Crippen LogP contribution is -2.12. The number of carbonyl (C=O) groups is 1. The van der Waals surface area contributed by atoms with Crippen LogP contribution in [-0.2, 0) is 4.74 Å². The van der Waals surface area contributed by atoms with Gasteiger partial charge in [-0.05, 0) is 81.4 Å². The number of hydrogen-bond acceptors (Lipinski definition) is 4. The number of carbonyl (C=O) groups excluding carboxylic acids is 1. The third-order valence-corrected chi connectivity index (χ3v) is 4.35. The maximum absolute atomic E-state index is 12.2. The first-order valence-electron chi connectivity index (χ1n) is 9.36. The molecule has 0 aliphatic carbocycles. The van der Waals surface area contributed by atoms with Gasteiger partial charge in [0.1, 0.15) is 24.7 Å². The Morgan fingerprint density at radius 3 is 1.93 bits per heavy atom. The Morgan fingerprint density at radius 1 is 0.786 bits per heavy atom. The summed E-state index contributed by atoms with van der Waals surface area (Å²) in [5.41, 5.74) is 3.85. The van der Waals surface area contributed by atoms with Crippen LogP contribution in [0.4, 0.5) is 0 Å². The number of rotatable bonds is 8. The van der Waals surface area contributed by atoms with Gasteiger partial charge in [0, 0.05) is 17.1 Å². The minimum atomic E-state index is -0.359. The lowest BCUT2D eigenvalue weighted by molar-refractivity contribution is 0.0450. The normalized spacial score (nSPS) is 10.5. The van der Waals surface area contributed by atoms with E-state index in [4.69, 9.17) is 14.2 Å². The first-order chi connectivity index (χ1) is 13.6. The van der Waals surface area contributed by atoms with E-state index in [-0.39, 0.29) is 12.6 Å². The molecule has 3 rings (SSSR count). The fourth-order valence-corrected chi connectivity index (χ4v) is 3.00. The van der Waals surface area contributed by atoms with Gasteiger partial charge in [0.2, 0.25) is 0 Å². The molecule has 0 N–H and O–H groups in total. The van der Waals surface area contributed by atoms with Gasteiger partial charge in [-0.25, -0.2) is 4.79 Å². The van der Waals surface area contributed by atoms with Crippen LogP contribution in [0.1, 0.15) is 28.7 Å². The molecule has 5 nitrogen and oxygen atoms in total. The molecule has 2 aromatic carbocycles. The van der Waals surface area contributed by atoms with Gasteiger partial charge >= 0.3 is 5.97 Å². The zero-order valence-corrected chi connectivity index (χ0v) is 16.5. The van der Waals surface area contributed by atoms with E-state index < -0.39 is 0 Å². The molecule has 0 saturated heterocycles. The molecule has 0 atom stereocenters. The Kier molecular flexibility index (Phi) is 6.37. The summed E-state index contributed by atoms with van der Waals surface area (Å²) in [5, 5.41) is 0. The van der Waals surface area contributed by atoms with Crippen LogP contribution in [0.15, 0.2) is 60.7 Å². The van der Waals surface area contributed by atoms with Crippen molar-refractivity contribution in [3.05, 3.63) is 77.6 Å². The molecule has 3 aromatic rings. The third kappa shape index (κ3) is 4.74. The van der Waals surface area contributed by atoms with E-state index in [1.165, 1.54) is 0 Å². The van der Waals surface area contributed by atoms with Gasteiger partial charge in [-0.15, -0.1) is 0 Å². The molecule has 0 unspecified atom stereocenters. The summed E-state index contributed by atoms with van der Waals surface area (Å²) >= 11 is 0. The van der Waals surface area contributed by atoms with E-state index in [1.54, 1.807) is 12.1 Å². The molecule has 0 aliphatic heterocycles. The van der Waals surface area contributed by atoms with Gasteiger partial charge in [0.15, 0.2) is 0 Å². The molecule has 0 saturated carbocycles. The lowest BCUT2D eigenvalue weighted by Gasteiger charge is -2.11. The number of hydrogen-bond donors (Lipinski definition) is 0. The van der Waals surface area contributed by atoms with Crippen molar-refractivity contribution in [2.75, 3.05) is 19.8 Å². The highest BCUT2D eigenvalue weighted by Gasteiger charge is 2.09. The van der Waals surface area contributed by atoms with E-state index in [0.29, 0.717) is 24.5 Å². The molecule has 0 amide bonds. The largest absolute Gasteiger partial charge is 0.494 e. The molecule has 0 bridgehead atoms. The molecule has 28 heavy (non-hydrogen) atoms. The van der Waals surface area contributed by atoms with Crippen LogP contribution in [-0.4, -0.2) is 30.4 Å². The summed E-state index contributed by atoms with van der Waals surface area (Å²) in [6.45, 7) is 7.15. The molecule has 0 spiro atoms. The molecular formula is C23H25NO4. The number of esters is 1. The zero-order chi connectivity index (χ0) is 19.9. The molecule has 1 heterocycles. The second kappa shape index (κ2) is 9.13. The van der Waals surface area contributed by atoms with Crippen LogP contribution in [0, 0.1) is 13.8 Å². The van der Waals surface area contributed by atoms with Gasteiger partial charge in [-0.2, -0.15) is 0 Å². The van der Waals surface area contributed by atoms with Crippen molar-refractivity contribution in [2.24, 2.45) is 0 Å². The lowest BCUT2D eigenvalue weighted by atomic mass is 10.2. The van der Waals surface area contributed by atoms with Crippen LogP contribution in [0.3, 0.4) is 0 Å². The minimum absolute atomic E-state index is 0.184. The average Bonchev–Trinajstić information content (AvgIpc) is 3.05.